The van der Waals surface area contributed by atoms with E-state index in [2.05, 4.69) is 58.5 Å². The molecule has 0 amide bonds. The number of hydrogen-bond acceptors (Lipinski definition) is 10. The van der Waals surface area contributed by atoms with Crippen LogP contribution >= 0.6 is 0 Å². The maximum Gasteiger partial charge on any atom is 2.00 e. The van der Waals surface area contributed by atoms with Gasteiger partial charge < -0.3 is 29.5 Å². The topological polar surface area (TPSA) is 145 Å². The molecule has 6 rings (SSSR count). The number of hydrogen-bond donors (Lipinski definition) is 2. The van der Waals surface area contributed by atoms with Crippen LogP contribution in [0.25, 0.3) is 0 Å². The smallest absolute Gasteiger partial charge is 0.744 e. The maximum atomic E-state index is 11.7. The number of rotatable bonds is 48. The summed E-state index contributed by atoms with van der Waals surface area (Å²) in [5, 5.41) is 7.15. The van der Waals surface area contributed by atoms with Crippen molar-refractivity contribution in [3.63, 3.8) is 0 Å². The second-order valence-electron chi connectivity index (χ2n) is 24.8. The molecule has 472 valence electrons. The quantitative estimate of drug-likeness (QED) is 0.0249. The molecule has 0 saturated carbocycles. The first-order valence-electron chi connectivity index (χ1n) is 34.3. The van der Waals surface area contributed by atoms with Crippen molar-refractivity contribution in [1.82, 2.24) is 0 Å². The summed E-state index contributed by atoms with van der Waals surface area (Å²) in [4.78, 5) is 4.10. The standard InChI is InChI=1S/2C36H58N2O3S.Ca/c2*1-2-3-4-5-6-7-8-9-10-11-12-13-14-15-16-17-18-19-20-24-27-36-37-34-29-28-33(42(39,40)41)30-35(34)38(36)31-32-25-22-21-23-26-32;/h2*21-23,25-26,28-30,36-37H,2-20,24,27,31H2,1H3,(H,39,40,41);/q;;+2/p-2. The Hall–Kier alpha value is -2.84. The number of fused-ring (bicyclic) bond motifs is 2. The summed E-state index contributed by atoms with van der Waals surface area (Å²) in [6.07, 6.45) is 57.2. The van der Waals surface area contributed by atoms with Crippen LogP contribution in [0, 0.1) is 0 Å². The van der Waals surface area contributed by atoms with Crippen molar-refractivity contribution in [2.45, 2.75) is 319 Å². The average molecular weight is 1240 g/mol. The van der Waals surface area contributed by atoms with Gasteiger partial charge in [0, 0.05) is 13.1 Å². The third-order valence-electron chi connectivity index (χ3n) is 17.6. The van der Waals surface area contributed by atoms with Gasteiger partial charge in [0.2, 0.25) is 0 Å². The van der Waals surface area contributed by atoms with Crippen LogP contribution in [-0.2, 0) is 33.3 Å². The van der Waals surface area contributed by atoms with E-state index in [0.717, 1.165) is 59.6 Å². The molecule has 4 aromatic rings. The van der Waals surface area contributed by atoms with Crippen LogP contribution in [0.4, 0.5) is 22.7 Å². The monoisotopic (exact) mass is 1230 g/mol. The number of nitrogens with one attached hydrogen (secondary N) is 2. The van der Waals surface area contributed by atoms with Crippen LogP contribution in [0.3, 0.4) is 0 Å². The molecule has 0 radical (unpaired) electrons. The molecule has 10 nitrogen and oxygen atoms in total. The van der Waals surface area contributed by atoms with E-state index in [9.17, 15) is 25.9 Å². The Morgan fingerprint density at radius 1 is 0.341 bits per heavy atom. The zero-order valence-electron chi connectivity index (χ0n) is 53.4. The minimum Gasteiger partial charge on any atom is -0.744 e. The first-order valence-corrected chi connectivity index (χ1v) is 37.1. The summed E-state index contributed by atoms with van der Waals surface area (Å²) in [6, 6.07) is 29.8. The molecule has 0 bridgehead atoms. The Labute approximate surface area is 549 Å². The van der Waals surface area contributed by atoms with Gasteiger partial charge in [-0.05, 0) is 73.2 Å². The molecule has 0 fully saturated rings. The zero-order chi connectivity index (χ0) is 59.8. The molecule has 2 aliphatic heterocycles. The maximum absolute atomic E-state index is 11.7. The van der Waals surface area contributed by atoms with Gasteiger partial charge in [0.05, 0.1) is 44.9 Å². The van der Waals surface area contributed by atoms with Crippen molar-refractivity contribution in [3.05, 3.63) is 108 Å². The van der Waals surface area contributed by atoms with Crippen molar-refractivity contribution in [1.29, 1.82) is 0 Å². The minimum atomic E-state index is -4.49. The SMILES string of the molecule is CCCCCCCCCCCCCCCCCCCCCCC1Nc2ccc(S(=O)(=O)[O-])cc2N1Cc1ccccc1.CCCCCCCCCCCCCCCCCCCCCCC1Nc2ccc(S(=O)(=O)[O-])cc2N1Cc1ccccc1.[Ca+2]. The summed E-state index contributed by atoms with van der Waals surface area (Å²) >= 11 is 0. The summed E-state index contributed by atoms with van der Waals surface area (Å²) < 4.78 is 69.9. The molecular weight excluding hydrogens is 1120 g/mol. The third kappa shape index (κ3) is 31.5. The Kier molecular flexibility index (Phi) is 39.9. The molecule has 2 N–H and O–H groups in total. The average Bonchev–Trinajstić information content (AvgIpc) is 2.77. The van der Waals surface area contributed by atoms with Crippen LogP contribution in [0.15, 0.2) is 107 Å². The van der Waals surface area contributed by atoms with E-state index >= 15 is 0 Å². The number of anilines is 4. The predicted molar refractivity (Wildman–Crippen MR) is 360 cm³/mol. The van der Waals surface area contributed by atoms with Crippen LogP contribution in [0.2, 0.25) is 0 Å². The molecular formula is C72H114CaN4O6S2. The van der Waals surface area contributed by atoms with Crippen molar-refractivity contribution in [3.8, 4) is 0 Å². The molecule has 0 aromatic heterocycles. The normalized spacial score (nSPS) is 14.5. The molecule has 0 saturated heterocycles. The predicted octanol–water partition coefficient (Wildman–Crippen LogP) is 20.7. The van der Waals surface area contributed by atoms with Crippen LogP contribution < -0.4 is 20.4 Å². The fourth-order valence-corrected chi connectivity index (χ4v) is 13.5. The molecule has 0 spiro atoms. The zero-order valence-corrected chi connectivity index (χ0v) is 57.2. The summed E-state index contributed by atoms with van der Waals surface area (Å²) in [5.41, 5.74) is 5.72. The molecule has 4 aromatic carbocycles. The van der Waals surface area contributed by atoms with E-state index in [1.165, 1.54) is 268 Å². The Morgan fingerprint density at radius 3 is 0.812 bits per heavy atom. The summed E-state index contributed by atoms with van der Waals surface area (Å²) in [6.45, 7) is 5.92. The molecule has 2 atom stereocenters. The third-order valence-corrected chi connectivity index (χ3v) is 19.2. The second-order valence-corrected chi connectivity index (χ2v) is 27.6. The van der Waals surface area contributed by atoms with Gasteiger partial charge in [-0.1, -0.05) is 319 Å². The molecule has 85 heavy (non-hydrogen) atoms. The Morgan fingerprint density at radius 2 is 0.576 bits per heavy atom. The van der Waals surface area contributed by atoms with E-state index in [-0.39, 0.29) is 59.9 Å². The number of nitrogens with zero attached hydrogens (tertiary/aromatic N) is 2. The second kappa shape index (κ2) is 45.4. The molecule has 0 aliphatic carbocycles. The summed E-state index contributed by atoms with van der Waals surface area (Å²) in [5.74, 6) is 0. The molecule has 2 aliphatic rings. The largest absolute Gasteiger partial charge is 2.00 e. The van der Waals surface area contributed by atoms with Gasteiger partial charge in [0.1, 0.15) is 20.2 Å². The summed E-state index contributed by atoms with van der Waals surface area (Å²) in [7, 11) is -8.98. The van der Waals surface area contributed by atoms with Crippen LogP contribution in [0.1, 0.15) is 295 Å². The Balaban J connectivity index is 0.000000360. The fraction of sp³-hybridized carbons (Fsp3) is 0.667. The van der Waals surface area contributed by atoms with Gasteiger partial charge in [-0.15, -0.1) is 0 Å². The molecule has 2 unspecified atom stereocenters. The van der Waals surface area contributed by atoms with E-state index in [1.807, 2.05) is 36.4 Å². The fourth-order valence-electron chi connectivity index (χ4n) is 12.5. The first-order chi connectivity index (χ1) is 41.0. The molecule has 13 heteroatoms. The molecule has 2 heterocycles. The van der Waals surface area contributed by atoms with Gasteiger partial charge in [-0.2, -0.15) is 0 Å². The van der Waals surface area contributed by atoms with Gasteiger partial charge >= 0.3 is 37.7 Å². The van der Waals surface area contributed by atoms with Crippen LogP contribution in [0.5, 0.6) is 0 Å². The van der Waals surface area contributed by atoms with E-state index in [0.29, 0.717) is 13.1 Å². The Bertz CT molecular complexity index is 2360. The van der Waals surface area contributed by atoms with E-state index in [1.54, 1.807) is 12.1 Å². The van der Waals surface area contributed by atoms with Gasteiger partial charge in [-0.3, -0.25) is 0 Å². The van der Waals surface area contributed by atoms with Gasteiger partial charge in [0.15, 0.2) is 0 Å². The number of benzene rings is 4. The van der Waals surface area contributed by atoms with E-state index in [4.69, 9.17) is 0 Å². The van der Waals surface area contributed by atoms with E-state index < -0.39 is 20.2 Å². The first kappa shape index (κ1) is 74.6. The van der Waals surface area contributed by atoms with Gasteiger partial charge in [-0.25, -0.2) is 16.8 Å². The van der Waals surface area contributed by atoms with Crippen molar-refractivity contribution >= 4 is 80.7 Å². The number of unbranched alkanes of at least 4 members (excludes halogenated alkanes) is 38. The minimum absolute atomic E-state index is 0. The van der Waals surface area contributed by atoms with Crippen molar-refractivity contribution in [2.24, 2.45) is 0 Å². The van der Waals surface area contributed by atoms with Crippen molar-refractivity contribution < 1.29 is 25.9 Å². The van der Waals surface area contributed by atoms with Crippen LogP contribution in [-0.4, -0.2) is 76.0 Å². The van der Waals surface area contributed by atoms with Gasteiger partial charge in [0.25, 0.3) is 0 Å². The van der Waals surface area contributed by atoms with Crippen molar-refractivity contribution in [2.75, 3.05) is 20.4 Å².